The van der Waals surface area contributed by atoms with E-state index < -0.39 is 10.0 Å². The standard InChI is InChI=1S/C18H19BrN6O2S2/c1-13-2-4-15(20-12-13)21-16-5-6-17(23-22-16)24-8-10-25(11-9-24)29(26,27)18-7-3-14(19)28-18/h2-7,12H,8-11H2,1H3,(H,20,21,22). The second kappa shape index (κ2) is 8.34. The van der Waals surface area contributed by atoms with E-state index in [2.05, 4.69) is 36.4 Å². The van der Waals surface area contributed by atoms with E-state index in [0.717, 1.165) is 15.2 Å². The number of aryl methyl sites for hydroxylation is 1. The summed E-state index contributed by atoms with van der Waals surface area (Å²) >= 11 is 4.55. The molecule has 29 heavy (non-hydrogen) atoms. The van der Waals surface area contributed by atoms with Crippen LogP contribution in [0.3, 0.4) is 0 Å². The van der Waals surface area contributed by atoms with E-state index in [1.807, 2.05) is 36.1 Å². The number of hydrogen-bond acceptors (Lipinski definition) is 8. The molecule has 3 aromatic rings. The molecule has 0 radical (unpaired) electrons. The van der Waals surface area contributed by atoms with Crippen molar-refractivity contribution in [1.29, 1.82) is 0 Å². The average molecular weight is 495 g/mol. The first-order chi connectivity index (χ1) is 13.9. The van der Waals surface area contributed by atoms with E-state index in [4.69, 9.17) is 0 Å². The van der Waals surface area contributed by atoms with Crippen LogP contribution < -0.4 is 10.2 Å². The minimum Gasteiger partial charge on any atom is -0.352 e. The number of pyridine rings is 1. The van der Waals surface area contributed by atoms with Crippen LogP contribution in [0.15, 0.2) is 50.6 Å². The van der Waals surface area contributed by atoms with E-state index >= 15 is 0 Å². The summed E-state index contributed by atoms with van der Waals surface area (Å²) in [4.78, 5) is 6.33. The zero-order chi connectivity index (χ0) is 20.4. The number of halogens is 1. The molecule has 0 amide bonds. The van der Waals surface area contributed by atoms with Crippen molar-refractivity contribution in [2.45, 2.75) is 11.1 Å². The van der Waals surface area contributed by atoms with Crippen LogP contribution in [0.5, 0.6) is 0 Å². The van der Waals surface area contributed by atoms with Crippen LogP contribution in [-0.2, 0) is 10.0 Å². The number of nitrogens with one attached hydrogen (secondary N) is 1. The summed E-state index contributed by atoms with van der Waals surface area (Å²) in [6.45, 7) is 3.93. The van der Waals surface area contributed by atoms with Crippen molar-refractivity contribution in [3.63, 3.8) is 0 Å². The molecule has 0 atom stereocenters. The Kier molecular flexibility index (Phi) is 5.81. The molecule has 0 aliphatic carbocycles. The maximum absolute atomic E-state index is 12.7. The number of piperazine rings is 1. The minimum atomic E-state index is -3.45. The lowest BCUT2D eigenvalue weighted by Gasteiger charge is -2.34. The topological polar surface area (TPSA) is 91.3 Å². The Labute approximate surface area is 181 Å². The van der Waals surface area contributed by atoms with Crippen LogP contribution in [0.25, 0.3) is 0 Å². The zero-order valence-electron chi connectivity index (χ0n) is 15.6. The van der Waals surface area contributed by atoms with Gasteiger partial charge in [0.15, 0.2) is 11.6 Å². The van der Waals surface area contributed by atoms with Gasteiger partial charge in [-0.15, -0.1) is 21.5 Å². The smallest absolute Gasteiger partial charge is 0.252 e. The molecular weight excluding hydrogens is 476 g/mol. The second-order valence-electron chi connectivity index (χ2n) is 6.57. The van der Waals surface area contributed by atoms with Gasteiger partial charge in [0, 0.05) is 32.4 Å². The van der Waals surface area contributed by atoms with Gasteiger partial charge in [-0.05, 0) is 58.7 Å². The zero-order valence-corrected chi connectivity index (χ0v) is 18.8. The number of hydrogen-bond donors (Lipinski definition) is 1. The molecule has 3 aromatic heterocycles. The third kappa shape index (κ3) is 4.58. The molecule has 0 bridgehead atoms. The van der Waals surface area contributed by atoms with E-state index in [1.165, 1.54) is 15.6 Å². The van der Waals surface area contributed by atoms with Crippen molar-refractivity contribution < 1.29 is 8.42 Å². The van der Waals surface area contributed by atoms with Crippen molar-refractivity contribution in [2.75, 3.05) is 36.4 Å². The summed E-state index contributed by atoms with van der Waals surface area (Å²) in [5, 5.41) is 11.6. The first kappa shape index (κ1) is 20.2. The number of sulfonamides is 1. The molecule has 0 spiro atoms. The Balaban J connectivity index is 1.38. The molecule has 0 unspecified atom stereocenters. The molecule has 4 rings (SSSR count). The maximum atomic E-state index is 12.7. The second-order valence-corrected chi connectivity index (χ2v) is 11.2. The monoisotopic (exact) mass is 494 g/mol. The highest BCUT2D eigenvalue weighted by molar-refractivity contribution is 9.11. The molecule has 1 aliphatic heterocycles. The van der Waals surface area contributed by atoms with Gasteiger partial charge in [0.2, 0.25) is 0 Å². The van der Waals surface area contributed by atoms with Crippen molar-refractivity contribution in [2.24, 2.45) is 0 Å². The maximum Gasteiger partial charge on any atom is 0.252 e. The highest BCUT2D eigenvalue weighted by Crippen LogP contribution is 2.29. The molecule has 1 fully saturated rings. The molecule has 0 saturated carbocycles. The molecule has 1 N–H and O–H groups in total. The molecule has 11 heteroatoms. The highest BCUT2D eigenvalue weighted by Gasteiger charge is 2.30. The van der Waals surface area contributed by atoms with Gasteiger partial charge < -0.3 is 10.2 Å². The van der Waals surface area contributed by atoms with Crippen molar-refractivity contribution in [1.82, 2.24) is 19.5 Å². The van der Waals surface area contributed by atoms with Crippen LogP contribution in [0.2, 0.25) is 0 Å². The van der Waals surface area contributed by atoms with Crippen LogP contribution in [0.1, 0.15) is 5.56 Å². The summed E-state index contributed by atoms with van der Waals surface area (Å²) in [5.41, 5.74) is 1.09. The van der Waals surface area contributed by atoms with Gasteiger partial charge >= 0.3 is 0 Å². The minimum absolute atomic E-state index is 0.359. The van der Waals surface area contributed by atoms with Crippen LogP contribution in [-0.4, -0.2) is 54.1 Å². The summed E-state index contributed by atoms with van der Waals surface area (Å²) in [7, 11) is -3.45. The van der Waals surface area contributed by atoms with Gasteiger partial charge in [-0.25, -0.2) is 13.4 Å². The number of nitrogens with zero attached hydrogens (tertiary/aromatic N) is 5. The Bertz CT molecular complexity index is 1080. The van der Waals surface area contributed by atoms with Crippen molar-refractivity contribution >= 4 is 54.7 Å². The van der Waals surface area contributed by atoms with Crippen LogP contribution in [0.4, 0.5) is 17.5 Å². The lowest BCUT2D eigenvalue weighted by Crippen LogP contribution is -2.48. The molecule has 1 saturated heterocycles. The largest absolute Gasteiger partial charge is 0.352 e. The predicted molar refractivity (Wildman–Crippen MR) is 117 cm³/mol. The molecule has 4 heterocycles. The lowest BCUT2D eigenvalue weighted by molar-refractivity contribution is 0.384. The van der Waals surface area contributed by atoms with E-state index in [9.17, 15) is 8.42 Å². The van der Waals surface area contributed by atoms with Gasteiger partial charge in [-0.3, -0.25) is 0 Å². The van der Waals surface area contributed by atoms with E-state index in [0.29, 0.717) is 42.0 Å². The third-order valence-corrected chi connectivity index (χ3v) is 8.51. The number of thiophene rings is 1. The summed E-state index contributed by atoms with van der Waals surface area (Å²) in [6.07, 6.45) is 1.78. The van der Waals surface area contributed by atoms with Crippen LogP contribution >= 0.6 is 27.3 Å². The van der Waals surface area contributed by atoms with Gasteiger partial charge in [0.25, 0.3) is 10.0 Å². The molecule has 0 aromatic carbocycles. The van der Waals surface area contributed by atoms with Gasteiger partial charge in [-0.1, -0.05) is 6.07 Å². The fourth-order valence-electron chi connectivity index (χ4n) is 2.95. The molecule has 1 aliphatic rings. The number of anilines is 3. The first-order valence-corrected chi connectivity index (χ1v) is 12.0. The van der Waals surface area contributed by atoms with Gasteiger partial charge in [0.05, 0.1) is 3.79 Å². The van der Waals surface area contributed by atoms with Gasteiger partial charge in [0.1, 0.15) is 10.0 Å². The SMILES string of the molecule is Cc1ccc(Nc2ccc(N3CCN(S(=O)(=O)c4ccc(Br)s4)CC3)nn2)nc1. The summed E-state index contributed by atoms with van der Waals surface area (Å²) in [6, 6.07) is 11.0. The summed E-state index contributed by atoms with van der Waals surface area (Å²) < 4.78 is 28.2. The molecular formula is C18H19BrN6O2S2. The first-order valence-electron chi connectivity index (χ1n) is 8.96. The van der Waals surface area contributed by atoms with Crippen LogP contribution in [0, 0.1) is 6.92 Å². The Morgan fingerprint density at radius 1 is 1.00 bits per heavy atom. The average Bonchev–Trinajstić information content (AvgIpc) is 3.18. The van der Waals surface area contributed by atoms with Crippen molar-refractivity contribution in [3.8, 4) is 0 Å². The van der Waals surface area contributed by atoms with Gasteiger partial charge in [-0.2, -0.15) is 4.31 Å². The Morgan fingerprint density at radius 3 is 2.34 bits per heavy atom. The number of aromatic nitrogens is 3. The number of rotatable bonds is 5. The molecule has 8 nitrogen and oxygen atoms in total. The fraction of sp³-hybridized carbons (Fsp3) is 0.278. The fourth-order valence-corrected chi connectivity index (χ4v) is 6.54. The molecule has 152 valence electrons. The van der Waals surface area contributed by atoms with Crippen molar-refractivity contribution in [3.05, 3.63) is 51.9 Å². The lowest BCUT2D eigenvalue weighted by atomic mass is 10.3. The third-order valence-electron chi connectivity index (χ3n) is 4.52. The normalized spacial score (nSPS) is 15.4. The van der Waals surface area contributed by atoms with E-state index in [1.54, 1.807) is 18.3 Å². The van der Waals surface area contributed by atoms with E-state index in [-0.39, 0.29) is 0 Å². The predicted octanol–water partition coefficient (Wildman–Crippen LogP) is 3.26. The Morgan fingerprint density at radius 2 is 1.76 bits per heavy atom. The highest BCUT2D eigenvalue weighted by atomic mass is 79.9. The quantitative estimate of drug-likeness (QED) is 0.581. The summed E-state index contributed by atoms with van der Waals surface area (Å²) in [5.74, 6) is 2.04. The Hall–Kier alpha value is -2.08.